The Balaban J connectivity index is 2.82. The second-order valence-electron chi connectivity index (χ2n) is 2.35. The first-order chi connectivity index (χ1) is 5.04. The minimum atomic E-state index is -2.20. The maximum Gasteiger partial charge on any atom is 0.259 e. The Morgan fingerprint density at radius 2 is 2.36 bits per heavy atom. The van der Waals surface area contributed by atoms with Crippen LogP contribution in [0.15, 0.2) is 24.1 Å². The molecule has 4 heteroatoms. The zero-order valence-electron chi connectivity index (χ0n) is 5.68. The molecule has 1 aliphatic carbocycles. The SMILES string of the molecule is NC(=O)C1(F)C=CC(F)=CC1. The summed E-state index contributed by atoms with van der Waals surface area (Å²) in [6.45, 7) is 0. The van der Waals surface area contributed by atoms with Crippen LogP contribution in [0.25, 0.3) is 0 Å². The van der Waals surface area contributed by atoms with Crippen LogP contribution in [0.4, 0.5) is 8.78 Å². The lowest BCUT2D eigenvalue weighted by molar-refractivity contribution is -0.126. The number of primary amides is 1. The molecule has 1 amide bonds. The van der Waals surface area contributed by atoms with Crippen LogP contribution in [-0.2, 0) is 4.79 Å². The van der Waals surface area contributed by atoms with Crippen LogP contribution in [-0.4, -0.2) is 11.6 Å². The summed E-state index contributed by atoms with van der Waals surface area (Å²) in [7, 11) is 0. The van der Waals surface area contributed by atoms with Gasteiger partial charge in [-0.2, -0.15) is 0 Å². The van der Waals surface area contributed by atoms with Crippen molar-refractivity contribution in [1.29, 1.82) is 0 Å². The maximum atomic E-state index is 13.1. The third kappa shape index (κ3) is 1.45. The van der Waals surface area contributed by atoms with E-state index in [0.717, 1.165) is 18.2 Å². The van der Waals surface area contributed by atoms with E-state index in [1.54, 1.807) is 0 Å². The number of hydrogen-bond donors (Lipinski definition) is 1. The summed E-state index contributed by atoms with van der Waals surface area (Å²) in [5.41, 5.74) is 2.53. The highest BCUT2D eigenvalue weighted by molar-refractivity contribution is 5.86. The number of alkyl halides is 1. The average molecular weight is 159 g/mol. The maximum absolute atomic E-state index is 13.1. The van der Waals surface area contributed by atoms with E-state index in [4.69, 9.17) is 5.73 Å². The van der Waals surface area contributed by atoms with Gasteiger partial charge in [-0.25, -0.2) is 8.78 Å². The molecule has 2 N–H and O–H groups in total. The van der Waals surface area contributed by atoms with Gasteiger partial charge < -0.3 is 5.73 Å². The second-order valence-corrected chi connectivity index (χ2v) is 2.35. The Labute approximate surface area is 62.4 Å². The van der Waals surface area contributed by atoms with Crippen LogP contribution in [0.2, 0.25) is 0 Å². The van der Waals surface area contributed by atoms with Crippen molar-refractivity contribution in [2.24, 2.45) is 5.73 Å². The highest BCUT2D eigenvalue weighted by Crippen LogP contribution is 2.24. The Kier molecular flexibility index (Phi) is 1.76. The lowest BCUT2D eigenvalue weighted by atomic mass is 9.96. The highest BCUT2D eigenvalue weighted by Gasteiger charge is 2.34. The van der Waals surface area contributed by atoms with Gasteiger partial charge in [0, 0.05) is 6.42 Å². The fraction of sp³-hybridized carbons (Fsp3) is 0.286. The molecular weight excluding hydrogens is 152 g/mol. The molecule has 0 spiro atoms. The van der Waals surface area contributed by atoms with E-state index < -0.39 is 17.4 Å². The monoisotopic (exact) mass is 159 g/mol. The predicted octanol–water partition coefficient (Wildman–Crippen LogP) is 0.993. The van der Waals surface area contributed by atoms with Gasteiger partial charge in [0.25, 0.3) is 5.91 Å². The van der Waals surface area contributed by atoms with Crippen LogP contribution < -0.4 is 5.73 Å². The van der Waals surface area contributed by atoms with Gasteiger partial charge in [-0.15, -0.1) is 0 Å². The van der Waals surface area contributed by atoms with Crippen LogP contribution in [0.5, 0.6) is 0 Å². The average Bonchev–Trinajstić information content (AvgIpc) is 1.95. The van der Waals surface area contributed by atoms with Gasteiger partial charge in [0.2, 0.25) is 5.67 Å². The summed E-state index contributed by atoms with van der Waals surface area (Å²) < 4.78 is 25.3. The molecule has 0 bridgehead atoms. The van der Waals surface area contributed by atoms with Gasteiger partial charge >= 0.3 is 0 Å². The molecule has 0 saturated carbocycles. The van der Waals surface area contributed by atoms with Crippen LogP contribution in [0, 0.1) is 0 Å². The summed E-state index contributed by atoms with van der Waals surface area (Å²) in [5.74, 6) is -1.63. The van der Waals surface area contributed by atoms with Crippen molar-refractivity contribution < 1.29 is 13.6 Å². The number of carbonyl (C=O) groups excluding carboxylic acids is 1. The molecule has 1 aliphatic rings. The minimum absolute atomic E-state index is 0.315. The van der Waals surface area contributed by atoms with Gasteiger partial charge in [0.05, 0.1) is 0 Å². The minimum Gasteiger partial charge on any atom is -0.367 e. The van der Waals surface area contributed by atoms with Crippen molar-refractivity contribution in [3.05, 3.63) is 24.1 Å². The van der Waals surface area contributed by atoms with Crippen LogP contribution >= 0.6 is 0 Å². The fourth-order valence-electron chi connectivity index (χ4n) is 0.777. The topological polar surface area (TPSA) is 43.1 Å². The van der Waals surface area contributed by atoms with Crippen molar-refractivity contribution in [3.63, 3.8) is 0 Å². The molecule has 0 aromatic rings. The third-order valence-corrected chi connectivity index (χ3v) is 1.51. The van der Waals surface area contributed by atoms with E-state index in [1.165, 1.54) is 0 Å². The van der Waals surface area contributed by atoms with Gasteiger partial charge in [-0.3, -0.25) is 4.79 Å². The van der Waals surface area contributed by atoms with E-state index in [1.807, 2.05) is 0 Å². The van der Waals surface area contributed by atoms with Crippen molar-refractivity contribution in [2.45, 2.75) is 12.1 Å². The van der Waals surface area contributed by atoms with E-state index in [2.05, 4.69) is 0 Å². The van der Waals surface area contributed by atoms with E-state index in [0.29, 0.717) is 0 Å². The summed E-state index contributed by atoms with van der Waals surface area (Å²) in [5, 5.41) is 0. The molecule has 1 rings (SSSR count). The van der Waals surface area contributed by atoms with Gasteiger partial charge in [0.1, 0.15) is 5.83 Å². The van der Waals surface area contributed by atoms with Crippen LogP contribution in [0.3, 0.4) is 0 Å². The number of rotatable bonds is 1. The van der Waals surface area contributed by atoms with Gasteiger partial charge in [0.15, 0.2) is 0 Å². The number of nitrogens with two attached hydrogens (primary N) is 1. The number of allylic oxidation sites excluding steroid dienone is 3. The molecule has 0 aliphatic heterocycles. The third-order valence-electron chi connectivity index (χ3n) is 1.51. The summed E-state index contributed by atoms with van der Waals surface area (Å²) in [6.07, 6.45) is 2.41. The molecule has 0 radical (unpaired) electrons. The van der Waals surface area contributed by atoms with Crippen LogP contribution in [0.1, 0.15) is 6.42 Å². The first-order valence-electron chi connectivity index (χ1n) is 3.08. The van der Waals surface area contributed by atoms with E-state index in [9.17, 15) is 13.6 Å². The molecule has 60 valence electrons. The standard InChI is InChI=1S/C7H7F2NO/c8-5-1-3-7(9,4-2-5)6(10)11/h1-3H,4H2,(H2,10,11). The molecule has 1 atom stereocenters. The second kappa shape index (κ2) is 2.45. The number of amides is 1. The normalized spacial score (nSPS) is 29.8. The van der Waals surface area contributed by atoms with E-state index >= 15 is 0 Å². The quantitative estimate of drug-likeness (QED) is 0.609. The Morgan fingerprint density at radius 3 is 2.73 bits per heavy atom. The van der Waals surface area contributed by atoms with Gasteiger partial charge in [-0.05, 0) is 18.2 Å². The van der Waals surface area contributed by atoms with Crippen molar-refractivity contribution in [3.8, 4) is 0 Å². The zero-order chi connectivity index (χ0) is 8.48. The first-order valence-corrected chi connectivity index (χ1v) is 3.08. The Bertz CT molecular complexity index is 247. The first kappa shape index (κ1) is 7.91. The molecule has 0 heterocycles. The van der Waals surface area contributed by atoms with Gasteiger partial charge in [-0.1, -0.05) is 0 Å². The molecule has 0 aromatic carbocycles. The summed E-state index contributed by atoms with van der Waals surface area (Å²) >= 11 is 0. The lowest BCUT2D eigenvalue weighted by Crippen LogP contribution is -2.38. The summed E-state index contributed by atoms with van der Waals surface area (Å²) in [6, 6.07) is 0. The largest absolute Gasteiger partial charge is 0.367 e. The Hall–Kier alpha value is -1.19. The van der Waals surface area contributed by atoms with Crippen molar-refractivity contribution in [1.82, 2.24) is 0 Å². The summed E-state index contributed by atoms with van der Waals surface area (Å²) in [4.78, 5) is 10.4. The van der Waals surface area contributed by atoms with Crippen molar-refractivity contribution >= 4 is 5.91 Å². The van der Waals surface area contributed by atoms with E-state index in [-0.39, 0.29) is 6.42 Å². The highest BCUT2D eigenvalue weighted by atomic mass is 19.1. The number of hydrogen-bond acceptors (Lipinski definition) is 1. The lowest BCUT2D eigenvalue weighted by Gasteiger charge is -2.17. The molecular formula is C7H7F2NO. The zero-order valence-corrected chi connectivity index (χ0v) is 5.68. The molecule has 11 heavy (non-hydrogen) atoms. The van der Waals surface area contributed by atoms with Crippen molar-refractivity contribution in [2.75, 3.05) is 0 Å². The molecule has 2 nitrogen and oxygen atoms in total. The predicted molar refractivity (Wildman–Crippen MR) is 36.0 cm³/mol. The molecule has 0 aromatic heterocycles. The molecule has 0 saturated heterocycles. The smallest absolute Gasteiger partial charge is 0.259 e. The number of carbonyl (C=O) groups is 1. The molecule has 0 fully saturated rings. The fourth-order valence-corrected chi connectivity index (χ4v) is 0.777. The molecule has 1 unspecified atom stereocenters. The number of halogens is 2. The Morgan fingerprint density at radius 1 is 1.73 bits per heavy atom.